The number of rotatable bonds is 4. The van der Waals surface area contributed by atoms with Crippen LogP contribution >= 0.6 is 11.8 Å². The van der Waals surface area contributed by atoms with Crippen LogP contribution in [-0.2, 0) is 6.54 Å². The minimum atomic E-state index is 0.289. The second kappa shape index (κ2) is 6.62. The van der Waals surface area contributed by atoms with Crippen LogP contribution in [-0.4, -0.2) is 30.7 Å². The van der Waals surface area contributed by atoms with E-state index in [0.29, 0.717) is 0 Å². The molecule has 2 heterocycles. The Morgan fingerprint density at radius 1 is 1.00 bits per heavy atom. The van der Waals surface area contributed by atoms with Crippen LogP contribution < -0.4 is 4.74 Å². The number of hydrogen-bond donors (Lipinski definition) is 0. The van der Waals surface area contributed by atoms with Gasteiger partial charge in [-0.1, -0.05) is 24.3 Å². The molecular formula is C21H22N2OS. The predicted octanol–water partition coefficient (Wildman–Crippen LogP) is 4.74. The lowest BCUT2D eigenvalue weighted by Crippen LogP contribution is -2.18. The lowest BCUT2D eigenvalue weighted by molar-refractivity contribution is 0.393. The highest BCUT2D eigenvalue weighted by molar-refractivity contribution is 8.00. The van der Waals surface area contributed by atoms with Crippen molar-refractivity contribution >= 4 is 11.8 Å². The van der Waals surface area contributed by atoms with Crippen LogP contribution in [0.4, 0.5) is 0 Å². The number of methoxy groups -OCH3 is 1. The average molecular weight is 350 g/mol. The van der Waals surface area contributed by atoms with Crippen molar-refractivity contribution in [2.75, 3.05) is 21.2 Å². The maximum absolute atomic E-state index is 5.31. The van der Waals surface area contributed by atoms with Gasteiger partial charge in [-0.25, -0.2) is 0 Å². The van der Waals surface area contributed by atoms with Gasteiger partial charge in [0.25, 0.3) is 0 Å². The van der Waals surface area contributed by atoms with Crippen molar-refractivity contribution in [3.8, 4) is 11.4 Å². The van der Waals surface area contributed by atoms with E-state index in [1.54, 1.807) is 7.11 Å². The van der Waals surface area contributed by atoms with Crippen molar-refractivity contribution in [3.63, 3.8) is 0 Å². The molecule has 0 N–H and O–H groups in total. The van der Waals surface area contributed by atoms with Crippen molar-refractivity contribution in [1.29, 1.82) is 0 Å². The third kappa shape index (κ3) is 2.96. The molecule has 0 radical (unpaired) electrons. The second-order valence-electron chi connectivity index (χ2n) is 6.56. The summed E-state index contributed by atoms with van der Waals surface area (Å²) in [5.41, 5.74) is 5.25. The van der Waals surface area contributed by atoms with Gasteiger partial charge in [-0.15, -0.1) is 11.8 Å². The number of hydrogen-bond acceptors (Lipinski definition) is 3. The molecular weight excluding hydrogens is 328 g/mol. The molecule has 4 rings (SSSR count). The van der Waals surface area contributed by atoms with E-state index in [9.17, 15) is 0 Å². The smallest absolute Gasteiger partial charge is 0.118 e. The summed E-state index contributed by atoms with van der Waals surface area (Å²) >= 11 is 1.92. The molecule has 4 heteroatoms. The molecule has 0 bridgehead atoms. The number of aromatic nitrogens is 1. The normalized spacial score (nSPS) is 15.8. The van der Waals surface area contributed by atoms with Gasteiger partial charge in [0.1, 0.15) is 5.75 Å². The Kier molecular flexibility index (Phi) is 4.32. The molecule has 0 spiro atoms. The molecule has 2 aromatic carbocycles. The maximum Gasteiger partial charge on any atom is 0.118 e. The molecule has 3 aromatic rings. The molecule has 1 aliphatic rings. The molecule has 25 heavy (non-hydrogen) atoms. The topological polar surface area (TPSA) is 17.4 Å². The highest BCUT2D eigenvalue weighted by Crippen LogP contribution is 2.48. The predicted molar refractivity (Wildman–Crippen MR) is 104 cm³/mol. The Balaban J connectivity index is 1.83. The van der Waals surface area contributed by atoms with Crippen molar-refractivity contribution < 1.29 is 4.74 Å². The monoisotopic (exact) mass is 350 g/mol. The van der Waals surface area contributed by atoms with Crippen LogP contribution in [0.2, 0.25) is 0 Å². The highest BCUT2D eigenvalue weighted by atomic mass is 32.2. The van der Waals surface area contributed by atoms with E-state index < -0.39 is 0 Å². The summed E-state index contributed by atoms with van der Waals surface area (Å²) in [4.78, 5) is 3.54. The van der Waals surface area contributed by atoms with Crippen LogP contribution in [0.1, 0.15) is 22.2 Å². The van der Waals surface area contributed by atoms with Crippen molar-refractivity contribution in [2.45, 2.75) is 16.7 Å². The standard InChI is InChI=1S/C21H22N2OS/c1-22(2)14-16-10-13-19-21(15-8-11-17(24-3)12-9-15)25-20-7-5-4-6-18(20)23(16)19/h4-13,21H,14H2,1-3H3/t21-/m0/s1. The van der Waals surface area contributed by atoms with Gasteiger partial charge >= 0.3 is 0 Å². The molecule has 0 unspecified atom stereocenters. The Hall–Kier alpha value is -2.17. The van der Waals surface area contributed by atoms with Crippen LogP contribution in [0.25, 0.3) is 5.69 Å². The largest absolute Gasteiger partial charge is 0.497 e. The number of thioether (sulfide) groups is 1. The average Bonchev–Trinajstić information content (AvgIpc) is 3.04. The van der Waals surface area contributed by atoms with E-state index in [1.807, 2.05) is 23.9 Å². The van der Waals surface area contributed by atoms with Crippen molar-refractivity contribution in [3.05, 3.63) is 77.6 Å². The SMILES string of the molecule is COc1ccc([C@@H]2Sc3ccccc3-n3c(CN(C)C)ccc32)cc1. The molecule has 0 aliphatic carbocycles. The van der Waals surface area contributed by atoms with Crippen LogP contribution in [0.5, 0.6) is 5.75 Å². The Bertz CT molecular complexity index is 883. The van der Waals surface area contributed by atoms with E-state index in [-0.39, 0.29) is 5.25 Å². The third-order valence-electron chi connectivity index (χ3n) is 4.51. The van der Waals surface area contributed by atoms with Crippen molar-refractivity contribution in [2.24, 2.45) is 0 Å². The lowest BCUT2D eigenvalue weighted by Gasteiger charge is -2.29. The van der Waals surface area contributed by atoms with Crippen LogP contribution in [0, 0.1) is 0 Å². The fourth-order valence-electron chi connectivity index (χ4n) is 3.39. The third-order valence-corrected chi connectivity index (χ3v) is 5.86. The Labute approximate surface area is 153 Å². The van der Waals surface area contributed by atoms with Gasteiger partial charge in [-0.3, -0.25) is 0 Å². The number of fused-ring (bicyclic) bond motifs is 3. The Morgan fingerprint density at radius 2 is 1.76 bits per heavy atom. The van der Waals surface area contributed by atoms with E-state index in [0.717, 1.165) is 12.3 Å². The molecule has 0 fully saturated rings. The van der Waals surface area contributed by atoms with E-state index in [1.165, 1.54) is 27.5 Å². The van der Waals surface area contributed by atoms with Gasteiger partial charge in [0.2, 0.25) is 0 Å². The molecule has 1 aliphatic heterocycles. The van der Waals surface area contributed by atoms with Crippen LogP contribution in [0.3, 0.4) is 0 Å². The molecule has 0 amide bonds. The summed E-state index contributed by atoms with van der Waals surface area (Å²) < 4.78 is 7.74. The van der Waals surface area contributed by atoms with Gasteiger partial charge in [-0.05, 0) is 56.1 Å². The lowest BCUT2D eigenvalue weighted by atomic mass is 10.1. The second-order valence-corrected chi connectivity index (χ2v) is 7.71. The maximum atomic E-state index is 5.31. The number of ether oxygens (including phenoxy) is 1. The highest BCUT2D eigenvalue weighted by Gasteiger charge is 2.28. The van der Waals surface area contributed by atoms with Gasteiger partial charge in [0.15, 0.2) is 0 Å². The molecule has 0 saturated carbocycles. The Morgan fingerprint density at radius 3 is 2.48 bits per heavy atom. The fraction of sp³-hybridized carbons (Fsp3) is 0.238. The summed E-state index contributed by atoms with van der Waals surface area (Å²) in [6.45, 7) is 0.925. The van der Waals surface area contributed by atoms with E-state index in [4.69, 9.17) is 4.74 Å². The first-order valence-corrected chi connectivity index (χ1v) is 9.30. The summed E-state index contributed by atoms with van der Waals surface area (Å²) in [6.07, 6.45) is 0. The fourth-order valence-corrected chi connectivity index (χ4v) is 4.68. The van der Waals surface area contributed by atoms with Crippen molar-refractivity contribution in [1.82, 2.24) is 9.47 Å². The number of benzene rings is 2. The van der Waals surface area contributed by atoms with Gasteiger partial charge < -0.3 is 14.2 Å². The zero-order valence-corrected chi connectivity index (χ0v) is 15.6. The summed E-state index contributed by atoms with van der Waals surface area (Å²) in [6, 6.07) is 21.7. The summed E-state index contributed by atoms with van der Waals surface area (Å²) in [7, 11) is 5.94. The summed E-state index contributed by atoms with van der Waals surface area (Å²) in [5.74, 6) is 0.897. The van der Waals surface area contributed by atoms with E-state index >= 15 is 0 Å². The molecule has 1 aromatic heterocycles. The molecule has 3 nitrogen and oxygen atoms in total. The van der Waals surface area contributed by atoms with Gasteiger partial charge in [0.05, 0.1) is 18.0 Å². The minimum absolute atomic E-state index is 0.289. The molecule has 1 atom stereocenters. The minimum Gasteiger partial charge on any atom is -0.497 e. The van der Waals surface area contributed by atoms with Crippen LogP contribution in [0.15, 0.2) is 65.6 Å². The first kappa shape index (κ1) is 16.3. The zero-order valence-electron chi connectivity index (χ0n) is 14.8. The molecule has 0 saturated heterocycles. The number of para-hydroxylation sites is 1. The summed E-state index contributed by atoms with van der Waals surface area (Å²) in [5, 5.41) is 0.289. The first-order valence-electron chi connectivity index (χ1n) is 8.42. The van der Waals surface area contributed by atoms with Gasteiger partial charge in [0, 0.05) is 22.8 Å². The van der Waals surface area contributed by atoms with E-state index in [2.05, 4.69) is 72.1 Å². The quantitative estimate of drug-likeness (QED) is 0.676. The molecule has 128 valence electrons. The first-order chi connectivity index (χ1) is 12.2. The van der Waals surface area contributed by atoms with Gasteiger partial charge in [-0.2, -0.15) is 0 Å². The zero-order chi connectivity index (χ0) is 17.4. The number of nitrogens with zero attached hydrogens (tertiary/aromatic N) is 2.